The molecule has 3 aliphatic rings. The van der Waals surface area contributed by atoms with Gasteiger partial charge in [0.2, 0.25) is 5.78 Å². The van der Waals surface area contributed by atoms with Crippen LogP contribution in [0, 0.1) is 11.8 Å². The maximum absolute atomic E-state index is 13.9. The fourth-order valence-electron chi connectivity index (χ4n) is 6.35. The average Bonchev–Trinajstić information content (AvgIpc) is 2.87. The van der Waals surface area contributed by atoms with Crippen LogP contribution in [-0.4, -0.2) is 68.5 Å². The number of aliphatic hydroxyl groups excluding tert-OH is 2. The van der Waals surface area contributed by atoms with Crippen molar-refractivity contribution in [3.05, 3.63) is 75.8 Å². The number of carbonyl (C=O) groups excluding carboxylic acids is 3. The number of aromatic amines is 1. The summed E-state index contributed by atoms with van der Waals surface area (Å²) in [7, 11) is 3.14. The average molecular weight is 571 g/mol. The molecule has 4 atom stereocenters. The quantitative estimate of drug-likeness (QED) is 0.198. The molecule has 1 fully saturated rings. The van der Waals surface area contributed by atoms with Gasteiger partial charge in [0.25, 0.3) is 5.91 Å². The van der Waals surface area contributed by atoms with E-state index in [-0.39, 0.29) is 42.1 Å². The molecular weight excluding hydrogens is 540 g/mol. The van der Waals surface area contributed by atoms with E-state index < -0.39 is 58.0 Å². The SMILES string of the molecule is CN(C)[C@@H]1C(=O)C(C(N)=O)=C(O)[C@@]2(O)C(=O)C3=C(O)c4c(O)ccc(CNCc5cc[nH+]cc5)c4C[C@H]3C[C@@H]12.[Cl-]. The minimum atomic E-state index is -2.65. The van der Waals surface area contributed by atoms with Crippen LogP contribution in [-0.2, 0) is 33.9 Å². The van der Waals surface area contributed by atoms with E-state index in [1.807, 2.05) is 24.5 Å². The molecule has 11 nitrogen and oxygen atoms in total. The summed E-state index contributed by atoms with van der Waals surface area (Å²) in [6.07, 6.45) is 3.94. The molecule has 1 aromatic heterocycles. The zero-order chi connectivity index (χ0) is 28.2. The van der Waals surface area contributed by atoms with Crippen LogP contribution >= 0.6 is 0 Å². The van der Waals surface area contributed by atoms with Gasteiger partial charge in [0.1, 0.15) is 22.8 Å². The van der Waals surface area contributed by atoms with Crippen LogP contribution in [0.1, 0.15) is 28.7 Å². The topological polar surface area (TPSA) is 188 Å². The number of nitrogens with one attached hydrogen (secondary N) is 2. The summed E-state index contributed by atoms with van der Waals surface area (Å²) < 4.78 is 0. The van der Waals surface area contributed by atoms with Gasteiger partial charge in [-0.05, 0) is 55.6 Å². The number of hydrogen-bond donors (Lipinski definition) is 6. The second-order valence-corrected chi connectivity index (χ2v) is 10.6. The molecule has 12 heteroatoms. The van der Waals surface area contributed by atoms with Crippen molar-refractivity contribution >= 4 is 23.2 Å². The summed E-state index contributed by atoms with van der Waals surface area (Å²) in [4.78, 5) is 43.6. The first-order valence-corrected chi connectivity index (χ1v) is 12.6. The third-order valence-corrected chi connectivity index (χ3v) is 8.13. The molecule has 3 aliphatic carbocycles. The van der Waals surface area contributed by atoms with Crippen LogP contribution in [0.4, 0.5) is 0 Å². The van der Waals surface area contributed by atoms with Crippen molar-refractivity contribution in [2.45, 2.75) is 37.6 Å². The molecule has 212 valence electrons. The van der Waals surface area contributed by atoms with Crippen molar-refractivity contribution in [1.82, 2.24) is 10.2 Å². The number of fused-ring (bicyclic) bond motifs is 3. The zero-order valence-electron chi connectivity index (χ0n) is 21.9. The molecule has 5 rings (SSSR count). The smallest absolute Gasteiger partial charge is 0.255 e. The maximum atomic E-state index is 13.9. The predicted octanol–water partition coefficient (Wildman–Crippen LogP) is -2.93. The number of rotatable bonds is 6. The Morgan fingerprint density at radius 1 is 1.12 bits per heavy atom. The molecule has 0 bridgehead atoms. The van der Waals surface area contributed by atoms with Gasteiger partial charge < -0.3 is 43.9 Å². The second-order valence-electron chi connectivity index (χ2n) is 10.6. The third-order valence-electron chi connectivity index (χ3n) is 8.13. The van der Waals surface area contributed by atoms with Crippen LogP contribution in [0.25, 0.3) is 5.76 Å². The number of primary amides is 1. The number of aromatic hydroxyl groups is 1. The van der Waals surface area contributed by atoms with Gasteiger partial charge in [-0.25, -0.2) is 4.98 Å². The summed E-state index contributed by atoms with van der Waals surface area (Å²) in [5.41, 5.74) is 4.31. The first-order chi connectivity index (χ1) is 18.5. The number of phenols is 1. The fourth-order valence-corrected chi connectivity index (χ4v) is 6.35. The molecule has 1 saturated carbocycles. The molecule has 0 aliphatic heterocycles. The van der Waals surface area contributed by atoms with Crippen molar-refractivity contribution in [2.75, 3.05) is 14.1 Å². The lowest BCUT2D eigenvalue weighted by molar-refractivity contribution is -0.378. The number of amides is 1. The van der Waals surface area contributed by atoms with Crippen molar-refractivity contribution in [2.24, 2.45) is 17.6 Å². The van der Waals surface area contributed by atoms with E-state index in [1.165, 1.54) is 11.0 Å². The van der Waals surface area contributed by atoms with Crippen molar-refractivity contribution < 1.29 is 52.2 Å². The highest BCUT2D eigenvalue weighted by atomic mass is 35.5. The van der Waals surface area contributed by atoms with Crippen molar-refractivity contribution in [3.63, 3.8) is 0 Å². The summed E-state index contributed by atoms with van der Waals surface area (Å²) >= 11 is 0. The van der Waals surface area contributed by atoms with Crippen molar-refractivity contribution in [1.29, 1.82) is 0 Å². The first kappa shape index (κ1) is 29.2. The van der Waals surface area contributed by atoms with E-state index in [0.717, 1.165) is 11.1 Å². The lowest BCUT2D eigenvalue weighted by atomic mass is 9.57. The Labute approximate surface area is 236 Å². The number of ketones is 2. The van der Waals surface area contributed by atoms with Gasteiger partial charge in [0, 0.05) is 36.7 Å². The molecular formula is C28H31ClN4O7. The zero-order valence-corrected chi connectivity index (χ0v) is 22.7. The Morgan fingerprint density at radius 2 is 1.80 bits per heavy atom. The number of benzene rings is 1. The number of carbonyl (C=O) groups is 3. The van der Waals surface area contributed by atoms with E-state index in [4.69, 9.17) is 5.73 Å². The Kier molecular flexibility index (Phi) is 7.79. The molecule has 1 heterocycles. The molecule has 0 radical (unpaired) electrons. The van der Waals surface area contributed by atoms with Gasteiger partial charge in [-0.15, -0.1) is 0 Å². The van der Waals surface area contributed by atoms with E-state index in [9.17, 15) is 34.8 Å². The Hall–Kier alpha value is -3.77. The van der Waals surface area contributed by atoms with Gasteiger partial charge in [0.15, 0.2) is 23.8 Å². The standard InChI is InChI=1S/C28H30N4O7.ClH/c1-32(2)22-17-10-15-9-16-14(12-31-11-13-5-7-30-8-6-13)3-4-18(33)20(16)23(34)19(15)25(36)28(17,39)26(37)21(24(22)35)27(29)38;/h3-8,15,17,22,31,33-34,37,39H,9-12H2,1-2H3,(H2,29,38);1H/t15-,17-,22-,28-;/m0./s1. The summed E-state index contributed by atoms with van der Waals surface area (Å²) in [5, 5.41) is 47.9. The lowest BCUT2D eigenvalue weighted by Crippen LogP contribution is -3.00. The Morgan fingerprint density at radius 3 is 2.42 bits per heavy atom. The number of likely N-dealkylation sites (N-methyl/N-ethyl adjacent to an activating group) is 1. The predicted molar refractivity (Wildman–Crippen MR) is 138 cm³/mol. The van der Waals surface area contributed by atoms with Crippen molar-refractivity contribution in [3.8, 4) is 5.75 Å². The molecule has 40 heavy (non-hydrogen) atoms. The van der Waals surface area contributed by atoms with Gasteiger partial charge in [-0.1, -0.05) is 6.07 Å². The molecule has 0 unspecified atom stereocenters. The molecule has 0 spiro atoms. The molecule has 0 saturated heterocycles. The second kappa shape index (κ2) is 10.7. The van der Waals surface area contributed by atoms with E-state index in [1.54, 1.807) is 20.2 Å². The number of nitrogens with two attached hydrogens (primary N) is 1. The maximum Gasteiger partial charge on any atom is 0.255 e. The number of nitrogens with zero attached hydrogens (tertiary/aromatic N) is 1. The highest BCUT2D eigenvalue weighted by Crippen LogP contribution is 2.52. The number of aromatic nitrogens is 1. The van der Waals surface area contributed by atoms with Crippen LogP contribution in [0.2, 0.25) is 0 Å². The normalized spacial score (nSPS) is 25.8. The molecule has 2 aromatic rings. The minimum Gasteiger partial charge on any atom is -1.00 e. The number of hydrogen-bond acceptors (Lipinski definition) is 9. The molecule has 8 N–H and O–H groups in total. The number of phenolic OH excluding ortho intramolecular Hbond substituents is 1. The fraction of sp³-hybridized carbons (Fsp3) is 0.357. The highest BCUT2D eigenvalue weighted by Gasteiger charge is 2.64. The van der Waals surface area contributed by atoms with E-state index in [2.05, 4.69) is 10.3 Å². The highest BCUT2D eigenvalue weighted by molar-refractivity contribution is 6.24. The van der Waals surface area contributed by atoms with Gasteiger partial charge >= 0.3 is 0 Å². The van der Waals surface area contributed by atoms with E-state index >= 15 is 0 Å². The minimum absolute atomic E-state index is 0. The number of halogens is 1. The third kappa shape index (κ3) is 4.35. The Balaban J connectivity index is 0.00000370. The number of pyridine rings is 1. The lowest BCUT2D eigenvalue weighted by Gasteiger charge is -2.50. The first-order valence-electron chi connectivity index (χ1n) is 12.6. The summed E-state index contributed by atoms with van der Waals surface area (Å²) in [6, 6.07) is 5.94. The molecule has 1 amide bonds. The largest absolute Gasteiger partial charge is 1.00 e. The van der Waals surface area contributed by atoms with E-state index in [0.29, 0.717) is 18.7 Å². The van der Waals surface area contributed by atoms with Crippen LogP contribution in [0.5, 0.6) is 5.75 Å². The van der Waals surface area contributed by atoms with Crippen LogP contribution < -0.4 is 28.4 Å². The van der Waals surface area contributed by atoms with Crippen LogP contribution in [0.3, 0.4) is 0 Å². The Bertz CT molecular complexity index is 1460. The number of Topliss-reactive ketones (excluding diaryl/α,β-unsaturated/α-hetero) is 2. The summed E-state index contributed by atoms with van der Waals surface area (Å²) in [6.45, 7) is 0.997. The number of H-pyrrole nitrogens is 1. The van der Waals surface area contributed by atoms with Crippen LogP contribution in [0.15, 0.2) is 53.6 Å². The van der Waals surface area contributed by atoms with Gasteiger partial charge in [-0.3, -0.25) is 19.3 Å². The van der Waals surface area contributed by atoms with Gasteiger partial charge in [-0.2, -0.15) is 0 Å². The molecule has 1 aromatic carbocycles. The van der Waals surface area contributed by atoms with Gasteiger partial charge in [0.05, 0.1) is 11.6 Å². The number of aliphatic hydroxyl groups is 3. The monoisotopic (exact) mass is 570 g/mol. The summed E-state index contributed by atoms with van der Waals surface area (Å²) in [5.74, 6) is -6.61.